The molecule has 0 saturated heterocycles. The standard InChI is InChI=1S/C25H21N5O4/c1-18-6-5-7-19(14-18)25-20(16-29(28-25)21-8-3-2-4-9-21)15-26-27-24(31)17-34-23-12-10-22(11-13-23)30(32)33/h2-16H,17H2,1H3,(H,27,31). The third-order valence-corrected chi connectivity index (χ3v) is 4.87. The molecular formula is C25H21N5O4. The Morgan fingerprint density at radius 1 is 1.12 bits per heavy atom. The number of amides is 1. The van der Waals surface area contributed by atoms with E-state index in [1.54, 1.807) is 4.68 Å². The Morgan fingerprint density at radius 2 is 1.88 bits per heavy atom. The Hall–Kier alpha value is -4.79. The predicted molar refractivity (Wildman–Crippen MR) is 128 cm³/mol. The summed E-state index contributed by atoms with van der Waals surface area (Å²) in [6.07, 6.45) is 3.38. The normalized spacial score (nSPS) is 10.9. The second-order valence-corrected chi connectivity index (χ2v) is 7.42. The van der Waals surface area contributed by atoms with Crippen LogP contribution in [0.3, 0.4) is 0 Å². The molecule has 1 heterocycles. The fourth-order valence-electron chi connectivity index (χ4n) is 3.23. The van der Waals surface area contributed by atoms with Gasteiger partial charge in [0.25, 0.3) is 11.6 Å². The molecule has 0 saturated carbocycles. The zero-order valence-electron chi connectivity index (χ0n) is 18.3. The number of non-ortho nitro benzene ring substituents is 1. The number of nitro benzene ring substituents is 1. The number of ether oxygens (including phenoxy) is 1. The highest BCUT2D eigenvalue weighted by Gasteiger charge is 2.12. The van der Waals surface area contributed by atoms with Crippen molar-refractivity contribution in [1.82, 2.24) is 15.2 Å². The van der Waals surface area contributed by atoms with Gasteiger partial charge in [0, 0.05) is 29.5 Å². The van der Waals surface area contributed by atoms with Gasteiger partial charge in [0.1, 0.15) is 11.4 Å². The van der Waals surface area contributed by atoms with Crippen LogP contribution in [0.15, 0.2) is 90.2 Å². The Balaban J connectivity index is 1.46. The van der Waals surface area contributed by atoms with Crippen LogP contribution in [0.25, 0.3) is 16.9 Å². The third-order valence-electron chi connectivity index (χ3n) is 4.87. The minimum Gasteiger partial charge on any atom is -0.484 e. The van der Waals surface area contributed by atoms with Gasteiger partial charge in [0.05, 0.1) is 16.8 Å². The summed E-state index contributed by atoms with van der Waals surface area (Å²) < 4.78 is 7.11. The van der Waals surface area contributed by atoms with Crippen LogP contribution in [0.4, 0.5) is 5.69 Å². The number of carbonyl (C=O) groups is 1. The first-order valence-electron chi connectivity index (χ1n) is 10.4. The molecule has 1 N–H and O–H groups in total. The molecular weight excluding hydrogens is 434 g/mol. The highest BCUT2D eigenvalue weighted by Crippen LogP contribution is 2.23. The molecule has 34 heavy (non-hydrogen) atoms. The smallest absolute Gasteiger partial charge is 0.277 e. The number of rotatable bonds is 8. The van der Waals surface area contributed by atoms with Crippen molar-refractivity contribution in [2.45, 2.75) is 6.92 Å². The number of carbonyl (C=O) groups excluding carboxylic acids is 1. The minimum absolute atomic E-state index is 0.0538. The number of nitrogens with zero attached hydrogens (tertiary/aromatic N) is 4. The summed E-state index contributed by atoms with van der Waals surface area (Å²) in [7, 11) is 0. The molecule has 170 valence electrons. The van der Waals surface area contributed by atoms with Crippen molar-refractivity contribution in [3.63, 3.8) is 0 Å². The number of para-hydroxylation sites is 1. The lowest BCUT2D eigenvalue weighted by atomic mass is 10.1. The molecule has 0 aliphatic heterocycles. The second kappa shape index (κ2) is 10.2. The van der Waals surface area contributed by atoms with Gasteiger partial charge >= 0.3 is 0 Å². The first-order chi connectivity index (χ1) is 16.5. The Morgan fingerprint density at radius 3 is 2.59 bits per heavy atom. The van der Waals surface area contributed by atoms with Gasteiger partial charge in [-0.3, -0.25) is 14.9 Å². The van der Waals surface area contributed by atoms with Crippen LogP contribution < -0.4 is 10.2 Å². The highest BCUT2D eigenvalue weighted by atomic mass is 16.6. The number of hydrogen-bond acceptors (Lipinski definition) is 6. The van der Waals surface area contributed by atoms with Gasteiger partial charge < -0.3 is 4.74 Å². The second-order valence-electron chi connectivity index (χ2n) is 7.42. The van der Waals surface area contributed by atoms with Gasteiger partial charge in [-0.2, -0.15) is 10.2 Å². The molecule has 0 aliphatic rings. The molecule has 0 bridgehead atoms. The summed E-state index contributed by atoms with van der Waals surface area (Å²) in [4.78, 5) is 22.3. The van der Waals surface area contributed by atoms with E-state index in [0.717, 1.165) is 28.1 Å². The van der Waals surface area contributed by atoms with E-state index in [2.05, 4.69) is 10.5 Å². The van der Waals surface area contributed by atoms with Crippen LogP contribution in [0.2, 0.25) is 0 Å². The van der Waals surface area contributed by atoms with Crippen molar-refractivity contribution >= 4 is 17.8 Å². The third kappa shape index (κ3) is 5.52. The van der Waals surface area contributed by atoms with E-state index >= 15 is 0 Å². The van der Waals surface area contributed by atoms with Crippen molar-refractivity contribution in [3.05, 3.63) is 106 Å². The van der Waals surface area contributed by atoms with E-state index in [0.29, 0.717) is 5.75 Å². The fraction of sp³-hybridized carbons (Fsp3) is 0.0800. The topological polar surface area (TPSA) is 112 Å². The number of nitrogens with one attached hydrogen (secondary N) is 1. The number of hydrazone groups is 1. The molecule has 0 atom stereocenters. The maximum Gasteiger partial charge on any atom is 0.277 e. The van der Waals surface area contributed by atoms with Crippen molar-refractivity contribution < 1.29 is 14.5 Å². The van der Waals surface area contributed by atoms with E-state index in [1.165, 1.54) is 30.5 Å². The minimum atomic E-state index is -0.504. The Labute approximate surface area is 195 Å². The molecule has 0 fully saturated rings. The van der Waals surface area contributed by atoms with Crippen molar-refractivity contribution in [3.8, 4) is 22.7 Å². The van der Waals surface area contributed by atoms with E-state index < -0.39 is 10.8 Å². The van der Waals surface area contributed by atoms with Crippen LogP contribution >= 0.6 is 0 Å². The molecule has 4 rings (SSSR count). The van der Waals surface area contributed by atoms with Crippen LogP contribution in [-0.2, 0) is 4.79 Å². The maximum absolute atomic E-state index is 12.1. The molecule has 4 aromatic rings. The van der Waals surface area contributed by atoms with Gasteiger partial charge in [-0.05, 0) is 37.3 Å². The highest BCUT2D eigenvalue weighted by molar-refractivity contribution is 5.89. The summed E-state index contributed by atoms with van der Waals surface area (Å²) in [5.41, 5.74) is 6.77. The first-order valence-corrected chi connectivity index (χ1v) is 10.4. The van der Waals surface area contributed by atoms with E-state index in [1.807, 2.05) is 67.7 Å². The van der Waals surface area contributed by atoms with Crippen LogP contribution in [0, 0.1) is 17.0 Å². The molecule has 0 spiro atoms. The monoisotopic (exact) mass is 455 g/mol. The van der Waals surface area contributed by atoms with Crippen molar-refractivity contribution in [2.75, 3.05) is 6.61 Å². The molecule has 0 unspecified atom stereocenters. The summed E-state index contributed by atoms with van der Waals surface area (Å²) in [6, 6.07) is 23.2. The maximum atomic E-state index is 12.1. The number of aryl methyl sites for hydroxylation is 1. The van der Waals surface area contributed by atoms with Crippen LogP contribution in [-0.4, -0.2) is 33.4 Å². The van der Waals surface area contributed by atoms with Crippen molar-refractivity contribution in [1.29, 1.82) is 0 Å². The van der Waals surface area contributed by atoms with Crippen LogP contribution in [0.5, 0.6) is 5.75 Å². The Bertz CT molecular complexity index is 1330. The Kier molecular flexibility index (Phi) is 6.73. The number of benzene rings is 3. The van der Waals surface area contributed by atoms with Gasteiger partial charge in [-0.15, -0.1) is 0 Å². The lowest BCUT2D eigenvalue weighted by Crippen LogP contribution is -2.24. The summed E-state index contributed by atoms with van der Waals surface area (Å²) in [6.45, 7) is 1.72. The van der Waals surface area contributed by atoms with E-state index in [4.69, 9.17) is 9.84 Å². The van der Waals surface area contributed by atoms with E-state index in [9.17, 15) is 14.9 Å². The number of nitro groups is 1. The zero-order chi connectivity index (χ0) is 23.9. The number of aromatic nitrogens is 2. The van der Waals surface area contributed by atoms with Crippen molar-refractivity contribution in [2.24, 2.45) is 5.10 Å². The van der Waals surface area contributed by atoms with Gasteiger partial charge in [0.15, 0.2) is 6.61 Å². The van der Waals surface area contributed by atoms with Gasteiger partial charge in [0.2, 0.25) is 0 Å². The average Bonchev–Trinajstić information content (AvgIpc) is 3.28. The van der Waals surface area contributed by atoms with E-state index in [-0.39, 0.29) is 12.3 Å². The SMILES string of the molecule is Cc1cccc(-c2nn(-c3ccccc3)cc2C=NNC(=O)COc2ccc([N+](=O)[O-])cc2)c1. The molecule has 3 aromatic carbocycles. The van der Waals surface area contributed by atoms with Gasteiger partial charge in [-0.25, -0.2) is 10.1 Å². The zero-order valence-corrected chi connectivity index (χ0v) is 18.3. The predicted octanol–water partition coefficient (Wildman–Crippen LogP) is 4.29. The first kappa shape index (κ1) is 22.4. The quantitative estimate of drug-likeness (QED) is 0.242. The average molecular weight is 455 g/mol. The number of hydrogen-bond donors (Lipinski definition) is 1. The van der Waals surface area contributed by atoms with Gasteiger partial charge in [-0.1, -0.05) is 42.0 Å². The summed E-state index contributed by atoms with van der Waals surface area (Å²) in [5.74, 6) is -0.127. The van der Waals surface area contributed by atoms with Crippen LogP contribution in [0.1, 0.15) is 11.1 Å². The lowest BCUT2D eigenvalue weighted by molar-refractivity contribution is -0.384. The molecule has 1 aromatic heterocycles. The molecule has 0 radical (unpaired) electrons. The largest absolute Gasteiger partial charge is 0.484 e. The molecule has 9 heteroatoms. The summed E-state index contributed by atoms with van der Waals surface area (Å²) >= 11 is 0. The fourth-order valence-corrected chi connectivity index (χ4v) is 3.23. The lowest BCUT2D eigenvalue weighted by Gasteiger charge is -2.04. The summed E-state index contributed by atoms with van der Waals surface area (Å²) in [5, 5.41) is 19.5. The molecule has 0 aliphatic carbocycles. The molecule has 9 nitrogen and oxygen atoms in total. The molecule has 1 amide bonds.